The largest absolute Gasteiger partial charge is 0.310 e. The molecule has 0 heterocycles. The first-order chi connectivity index (χ1) is 26.6. The number of aryl methyl sites for hydroxylation is 1. The summed E-state index contributed by atoms with van der Waals surface area (Å²) in [6.07, 6.45) is 6.07. The molecule has 0 aliphatic rings. The van der Waals surface area contributed by atoms with Crippen molar-refractivity contribution in [2.75, 3.05) is 4.90 Å². The fraction of sp³-hybridized carbons (Fsp3) is 0.0189. The second-order valence-electron chi connectivity index (χ2n) is 13.9. The quantitative estimate of drug-likeness (QED) is 0.113. The van der Waals surface area contributed by atoms with Gasteiger partial charge in [0.2, 0.25) is 0 Å². The Kier molecular flexibility index (Phi) is 8.67. The van der Waals surface area contributed by atoms with Gasteiger partial charge in [-0.3, -0.25) is 0 Å². The monoisotopic (exact) mass is 689 g/mol. The van der Waals surface area contributed by atoms with E-state index in [0.29, 0.717) is 0 Å². The van der Waals surface area contributed by atoms with Crippen molar-refractivity contribution in [3.63, 3.8) is 0 Å². The van der Waals surface area contributed by atoms with Crippen molar-refractivity contribution in [1.82, 2.24) is 0 Å². The van der Waals surface area contributed by atoms with Crippen LogP contribution in [-0.4, -0.2) is 0 Å². The van der Waals surface area contributed by atoms with Crippen LogP contribution in [0.1, 0.15) is 11.1 Å². The van der Waals surface area contributed by atoms with Gasteiger partial charge in [0.15, 0.2) is 0 Å². The standard InChI is InChI=1S/C53H39N/c1-3-4-25-50-37(2)49-26-10-9-18-45(49)36-53(50)44-21-14-24-48(34-44)54(46-22-12-19-41(32-46)38-15-6-5-7-16-38)47-23-13-20-42(33-47)43-31-30-40-29-28-39-17-8-11-27-51(39)52(40)35-43/h3-36H,1H2,2H3/b25-4-. The molecule has 1 nitrogen and oxygen atoms in total. The molecule has 256 valence electrons. The van der Waals surface area contributed by atoms with Crippen LogP contribution in [0.5, 0.6) is 0 Å². The number of hydrogen-bond acceptors (Lipinski definition) is 1. The molecule has 0 N–H and O–H groups in total. The van der Waals surface area contributed by atoms with E-state index >= 15 is 0 Å². The van der Waals surface area contributed by atoms with Gasteiger partial charge in [-0.05, 0) is 132 Å². The van der Waals surface area contributed by atoms with Gasteiger partial charge in [0.1, 0.15) is 0 Å². The van der Waals surface area contributed by atoms with Gasteiger partial charge in [0.05, 0.1) is 0 Å². The van der Waals surface area contributed by atoms with E-state index in [1.54, 1.807) is 0 Å². The molecular formula is C53H39N. The minimum Gasteiger partial charge on any atom is -0.310 e. The zero-order valence-corrected chi connectivity index (χ0v) is 30.3. The molecule has 9 aromatic rings. The lowest BCUT2D eigenvalue weighted by atomic mass is 9.90. The van der Waals surface area contributed by atoms with Crippen LogP contribution in [0.4, 0.5) is 17.1 Å². The third-order valence-corrected chi connectivity index (χ3v) is 10.6. The van der Waals surface area contributed by atoms with E-state index in [1.165, 1.54) is 71.3 Å². The fourth-order valence-corrected chi connectivity index (χ4v) is 7.88. The summed E-state index contributed by atoms with van der Waals surface area (Å²) in [5.41, 5.74) is 12.8. The number of hydrogen-bond donors (Lipinski definition) is 0. The highest BCUT2D eigenvalue weighted by atomic mass is 15.1. The Hall–Kier alpha value is -6.96. The lowest BCUT2D eigenvalue weighted by molar-refractivity contribution is 1.28. The molecule has 0 spiro atoms. The molecule has 9 aromatic carbocycles. The molecule has 54 heavy (non-hydrogen) atoms. The number of anilines is 3. The average Bonchev–Trinajstić information content (AvgIpc) is 3.24. The van der Waals surface area contributed by atoms with Crippen molar-refractivity contribution in [3.05, 3.63) is 218 Å². The summed E-state index contributed by atoms with van der Waals surface area (Å²) in [5.74, 6) is 0. The lowest BCUT2D eigenvalue weighted by Gasteiger charge is -2.27. The molecule has 0 radical (unpaired) electrons. The van der Waals surface area contributed by atoms with Crippen molar-refractivity contribution in [3.8, 4) is 33.4 Å². The Morgan fingerprint density at radius 1 is 0.407 bits per heavy atom. The Morgan fingerprint density at radius 2 is 0.926 bits per heavy atom. The molecule has 0 saturated carbocycles. The number of nitrogens with zero attached hydrogens (tertiary/aromatic N) is 1. The van der Waals surface area contributed by atoms with Gasteiger partial charge in [-0.15, -0.1) is 0 Å². The summed E-state index contributed by atoms with van der Waals surface area (Å²) in [5, 5.41) is 7.54. The normalized spacial score (nSPS) is 11.4. The highest BCUT2D eigenvalue weighted by Gasteiger charge is 2.17. The van der Waals surface area contributed by atoms with Crippen molar-refractivity contribution in [1.29, 1.82) is 0 Å². The van der Waals surface area contributed by atoms with Gasteiger partial charge in [0, 0.05) is 17.1 Å². The van der Waals surface area contributed by atoms with Crippen molar-refractivity contribution in [2.24, 2.45) is 0 Å². The highest BCUT2D eigenvalue weighted by Crippen LogP contribution is 2.41. The molecular weight excluding hydrogens is 651 g/mol. The van der Waals surface area contributed by atoms with E-state index in [0.717, 1.165) is 22.6 Å². The summed E-state index contributed by atoms with van der Waals surface area (Å²) < 4.78 is 0. The number of benzene rings is 9. The molecule has 9 rings (SSSR count). The first kappa shape index (κ1) is 32.9. The number of allylic oxidation sites excluding steroid dienone is 2. The van der Waals surface area contributed by atoms with Crippen LogP contribution in [-0.2, 0) is 0 Å². The van der Waals surface area contributed by atoms with Crippen LogP contribution in [0.15, 0.2) is 207 Å². The molecule has 0 atom stereocenters. The molecule has 0 aliphatic carbocycles. The SMILES string of the molecule is C=C/C=C\c1c(-c2cccc(N(c3cccc(-c4ccccc4)c3)c3cccc(-c4ccc5ccc6ccccc6c5c4)c3)c2)cc2ccccc2c1C. The van der Waals surface area contributed by atoms with Crippen LogP contribution < -0.4 is 4.90 Å². The lowest BCUT2D eigenvalue weighted by Crippen LogP contribution is -2.10. The van der Waals surface area contributed by atoms with Crippen molar-refractivity contribution < 1.29 is 0 Å². The maximum Gasteiger partial charge on any atom is 0.0467 e. The third kappa shape index (κ3) is 6.16. The average molecular weight is 690 g/mol. The van der Waals surface area contributed by atoms with Crippen LogP contribution in [0.25, 0.3) is 71.8 Å². The van der Waals surface area contributed by atoms with E-state index in [4.69, 9.17) is 0 Å². The Morgan fingerprint density at radius 3 is 1.63 bits per heavy atom. The van der Waals surface area contributed by atoms with E-state index in [1.807, 2.05) is 12.2 Å². The summed E-state index contributed by atoms with van der Waals surface area (Å²) in [6.45, 7) is 6.19. The first-order valence-electron chi connectivity index (χ1n) is 18.5. The highest BCUT2D eigenvalue weighted by molar-refractivity contribution is 6.08. The Labute approximate surface area is 317 Å². The summed E-state index contributed by atoms with van der Waals surface area (Å²) >= 11 is 0. The molecule has 0 aromatic heterocycles. The predicted octanol–water partition coefficient (Wildman–Crippen LogP) is 15.1. The van der Waals surface area contributed by atoms with Crippen LogP contribution in [0, 0.1) is 6.92 Å². The number of fused-ring (bicyclic) bond motifs is 4. The van der Waals surface area contributed by atoms with Gasteiger partial charge in [-0.1, -0.05) is 164 Å². The molecule has 1 heteroatoms. The second-order valence-corrected chi connectivity index (χ2v) is 13.9. The van der Waals surface area contributed by atoms with Crippen LogP contribution >= 0.6 is 0 Å². The molecule has 0 aliphatic heterocycles. The maximum atomic E-state index is 3.97. The molecule has 0 amide bonds. The smallest absolute Gasteiger partial charge is 0.0467 e. The Bertz CT molecular complexity index is 2860. The third-order valence-electron chi connectivity index (χ3n) is 10.6. The minimum atomic E-state index is 1.09. The van der Waals surface area contributed by atoms with Gasteiger partial charge < -0.3 is 4.90 Å². The van der Waals surface area contributed by atoms with Gasteiger partial charge in [-0.25, -0.2) is 0 Å². The first-order valence-corrected chi connectivity index (χ1v) is 18.5. The molecule has 0 bridgehead atoms. The Balaban J connectivity index is 1.22. The van der Waals surface area contributed by atoms with Gasteiger partial charge in [-0.2, -0.15) is 0 Å². The predicted molar refractivity (Wildman–Crippen MR) is 234 cm³/mol. The molecule has 0 saturated heterocycles. The van der Waals surface area contributed by atoms with Crippen molar-refractivity contribution in [2.45, 2.75) is 6.92 Å². The number of rotatable bonds is 8. The van der Waals surface area contributed by atoms with Gasteiger partial charge in [0.25, 0.3) is 0 Å². The molecule has 0 fully saturated rings. The summed E-state index contributed by atoms with van der Waals surface area (Å²) in [4.78, 5) is 2.39. The van der Waals surface area contributed by atoms with E-state index < -0.39 is 0 Å². The maximum absolute atomic E-state index is 3.97. The van der Waals surface area contributed by atoms with Crippen LogP contribution in [0.3, 0.4) is 0 Å². The van der Waals surface area contributed by atoms with Crippen LogP contribution in [0.2, 0.25) is 0 Å². The topological polar surface area (TPSA) is 3.24 Å². The fourth-order valence-electron chi connectivity index (χ4n) is 7.88. The van der Waals surface area contributed by atoms with E-state index in [2.05, 4.69) is 213 Å². The van der Waals surface area contributed by atoms with Gasteiger partial charge >= 0.3 is 0 Å². The summed E-state index contributed by atoms with van der Waals surface area (Å²) in [7, 11) is 0. The summed E-state index contributed by atoms with van der Waals surface area (Å²) in [6, 6.07) is 68.3. The zero-order chi connectivity index (χ0) is 36.4. The van der Waals surface area contributed by atoms with Crippen molar-refractivity contribution >= 4 is 55.5 Å². The second kappa shape index (κ2) is 14.2. The minimum absolute atomic E-state index is 1.09. The molecule has 0 unspecified atom stereocenters. The van der Waals surface area contributed by atoms with E-state index in [9.17, 15) is 0 Å². The zero-order valence-electron chi connectivity index (χ0n) is 30.3. The van der Waals surface area contributed by atoms with E-state index in [-0.39, 0.29) is 0 Å².